The summed E-state index contributed by atoms with van der Waals surface area (Å²) in [6, 6.07) is 11.7. The molecule has 1 aliphatic rings. The molecule has 2 aromatic carbocycles. The van der Waals surface area contributed by atoms with Crippen molar-refractivity contribution in [1.82, 2.24) is 9.21 Å². The summed E-state index contributed by atoms with van der Waals surface area (Å²) in [5.41, 5.74) is 0.128. The van der Waals surface area contributed by atoms with Crippen molar-refractivity contribution in [3.8, 4) is 0 Å². The molecule has 0 radical (unpaired) electrons. The summed E-state index contributed by atoms with van der Waals surface area (Å²) in [6.45, 7) is -0.207. The van der Waals surface area contributed by atoms with Crippen LogP contribution in [0.25, 0.3) is 0 Å². The maximum atomic E-state index is 13.4. The van der Waals surface area contributed by atoms with E-state index in [0.717, 1.165) is 17.5 Å². The summed E-state index contributed by atoms with van der Waals surface area (Å²) in [5.74, 6) is -1.80. The largest absolute Gasteiger partial charge is 0.468 e. The van der Waals surface area contributed by atoms with Crippen molar-refractivity contribution in [3.05, 3.63) is 66.0 Å². The molecule has 1 saturated heterocycles. The number of nitrogens with zero attached hydrogens (tertiary/aromatic N) is 2. The van der Waals surface area contributed by atoms with Gasteiger partial charge in [0.05, 0.1) is 12.0 Å². The molecule has 0 bridgehead atoms. The van der Waals surface area contributed by atoms with Gasteiger partial charge >= 0.3 is 5.97 Å². The van der Waals surface area contributed by atoms with Crippen LogP contribution in [0.3, 0.4) is 0 Å². The fourth-order valence-electron chi connectivity index (χ4n) is 3.10. The van der Waals surface area contributed by atoms with Gasteiger partial charge in [-0.1, -0.05) is 24.3 Å². The average Bonchev–Trinajstić information content (AvgIpc) is 2.72. The van der Waals surface area contributed by atoms with Gasteiger partial charge < -0.3 is 9.64 Å². The van der Waals surface area contributed by atoms with Crippen LogP contribution in [0.2, 0.25) is 0 Å². The quantitative estimate of drug-likeness (QED) is 0.719. The number of ether oxygens (including phenoxy) is 1. The average molecular weight is 406 g/mol. The standard InChI is InChI=1S/C19H19FN2O5S/c1-27-19(24)17-13-21(18(23)14-6-5-7-15(20)12-14)10-11-22(17)28(25,26)16-8-3-2-4-9-16/h2-9,12,17H,10-11,13H2,1H3. The fourth-order valence-corrected chi connectivity index (χ4v) is 4.68. The van der Waals surface area contributed by atoms with E-state index >= 15 is 0 Å². The van der Waals surface area contributed by atoms with Crippen LogP contribution in [-0.2, 0) is 19.6 Å². The second-order valence-electron chi connectivity index (χ2n) is 6.23. The summed E-state index contributed by atoms with van der Waals surface area (Å²) in [7, 11) is -2.80. The van der Waals surface area contributed by atoms with Crippen LogP contribution in [-0.4, -0.2) is 62.3 Å². The lowest BCUT2D eigenvalue weighted by atomic mass is 10.1. The number of piperazine rings is 1. The smallest absolute Gasteiger partial charge is 0.326 e. The van der Waals surface area contributed by atoms with Gasteiger partial charge in [-0.05, 0) is 30.3 Å². The third-order valence-corrected chi connectivity index (χ3v) is 6.44. The van der Waals surface area contributed by atoms with Gasteiger partial charge in [-0.2, -0.15) is 4.31 Å². The molecular formula is C19H19FN2O5S. The van der Waals surface area contributed by atoms with Crippen molar-refractivity contribution < 1.29 is 27.1 Å². The van der Waals surface area contributed by atoms with E-state index in [1.165, 1.54) is 35.2 Å². The highest BCUT2D eigenvalue weighted by atomic mass is 32.2. The fraction of sp³-hybridized carbons (Fsp3) is 0.263. The first-order valence-electron chi connectivity index (χ1n) is 8.54. The molecule has 148 valence electrons. The van der Waals surface area contributed by atoms with Crippen molar-refractivity contribution >= 4 is 21.9 Å². The molecule has 2 aromatic rings. The second kappa shape index (κ2) is 8.07. The van der Waals surface area contributed by atoms with Gasteiger partial charge in [0.2, 0.25) is 10.0 Å². The molecule has 0 saturated carbocycles. The van der Waals surface area contributed by atoms with Gasteiger partial charge in [0.1, 0.15) is 11.9 Å². The van der Waals surface area contributed by atoms with Crippen LogP contribution in [0, 0.1) is 5.82 Å². The number of benzene rings is 2. The van der Waals surface area contributed by atoms with Crippen LogP contribution in [0.5, 0.6) is 0 Å². The number of carbonyl (C=O) groups is 2. The minimum Gasteiger partial charge on any atom is -0.468 e. The number of amides is 1. The zero-order valence-electron chi connectivity index (χ0n) is 15.1. The van der Waals surface area contributed by atoms with E-state index in [2.05, 4.69) is 0 Å². The molecule has 1 heterocycles. The molecule has 9 heteroatoms. The molecule has 0 N–H and O–H groups in total. The van der Waals surface area contributed by atoms with Crippen molar-refractivity contribution in [2.75, 3.05) is 26.7 Å². The molecule has 1 fully saturated rings. The highest BCUT2D eigenvalue weighted by Crippen LogP contribution is 2.23. The number of hydrogen-bond acceptors (Lipinski definition) is 5. The second-order valence-corrected chi connectivity index (χ2v) is 8.12. The molecule has 1 atom stereocenters. The molecule has 3 rings (SSSR count). The lowest BCUT2D eigenvalue weighted by Crippen LogP contribution is -2.59. The van der Waals surface area contributed by atoms with Gasteiger partial charge in [-0.15, -0.1) is 0 Å². The van der Waals surface area contributed by atoms with E-state index in [0.29, 0.717) is 0 Å². The van der Waals surface area contributed by atoms with E-state index in [1.807, 2.05) is 0 Å². The van der Waals surface area contributed by atoms with Crippen molar-refractivity contribution in [3.63, 3.8) is 0 Å². The number of rotatable bonds is 4. The molecular weight excluding hydrogens is 387 g/mol. The number of methoxy groups -OCH3 is 1. The Hall–Kier alpha value is -2.78. The maximum Gasteiger partial charge on any atom is 0.326 e. The van der Waals surface area contributed by atoms with Crippen molar-refractivity contribution in [2.24, 2.45) is 0 Å². The van der Waals surface area contributed by atoms with Gasteiger partial charge in [0.25, 0.3) is 5.91 Å². The van der Waals surface area contributed by atoms with Gasteiger partial charge in [0, 0.05) is 25.2 Å². The third-order valence-electron chi connectivity index (χ3n) is 4.51. The Kier molecular flexibility index (Phi) is 5.76. The highest BCUT2D eigenvalue weighted by Gasteiger charge is 2.42. The highest BCUT2D eigenvalue weighted by molar-refractivity contribution is 7.89. The Morgan fingerprint density at radius 3 is 2.43 bits per heavy atom. The Balaban J connectivity index is 1.88. The van der Waals surface area contributed by atoms with E-state index in [9.17, 15) is 22.4 Å². The predicted molar refractivity (Wildman–Crippen MR) is 98.4 cm³/mol. The monoisotopic (exact) mass is 406 g/mol. The van der Waals surface area contributed by atoms with Crippen LogP contribution >= 0.6 is 0 Å². The summed E-state index contributed by atoms with van der Waals surface area (Å²) < 4.78 is 45.2. The predicted octanol–water partition coefficient (Wildman–Crippen LogP) is 1.51. The first-order valence-corrected chi connectivity index (χ1v) is 9.98. The van der Waals surface area contributed by atoms with Crippen molar-refractivity contribution in [2.45, 2.75) is 10.9 Å². The zero-order chi connectivity index (χ0) is 20.3. The number of esters is 1. The molecule has 0 aromatic heterocycles. The normalized spacial score (nSPS) is 17.9. The maximum absolute atomic E-state index is 13.4. The number of hydrogen-bond donors (Lipinski definition) is 0. The summed E-state index contributed by atoms with van der Waals surface area (Å²) >= 11 is 0. The molecule has 1 unspecified atom stereocenters. The summed E-state index contributed by atoms with van der Waals surface area (Å²) in [4.78, 5) is 26.3. The lowest BCUT2D eigenvalue weighted by molar-refractivity contribution is -0.146. The van der Waals surface area contributed by atoms with Gasteiger partial charge in [0.15, 0.2) is 0 Å². The minimum absolute atomic E-state index is 0.0498. The third kappa shape index (κ3) is 3.90. The first kappa shape index (κ1) is 20.0. The van der Waals surface area contributed by atoms with Gasteiger partial charge in [-0.3, -0.25) is 9.59 Å². The summed E-state index contributed by atoms with van der Waals surface area (Å²) in [6.07, 6.45) is 0. The molecule has 1 aliphatic heterocycles. The Morgan fingerprint density at radius 2 is 1.79 bits per heavy atom. The zero-order valence-corrected chi connectivity index (χ0v) is 15.9. The van der Waals surface area contributed by atoms with E-state index < -0.39 is 33.8 Å². The van der Waals surface area contributed by atoms with Crippen LogP contribution < -0.4 is 0 Å². The molecule has 1 amide bonds. The summed E-state index contributed by atoms with van der Waals surface area (Å²) in [5, 5.41) is 0. The SMILES string of the molecule is COC(=O)C1CN(C(=O)c2cccc(F)c2)CCN1S(=O)(=O)c1ccccc1. The first-order chi connectivity index (χ1) is 13.3. The van der Waals surface area contributed by atoms with Gasteiger partial charge in [-0.25, -0.2) is 12.8 Å². The van der Waals surface area contributed by atoms with Crippen molar-refractivity contribution in [1.29, 1.82) is 0 Å². The van der Waals surface area contributed by atoms with Crippen LogP contribution in [0.15, 0.2) is 59.5 Å². The Labute approximate surface area is 162 Å². The van der Waals surface area contributed by atoms with Crippen LogP contribution in [0.1, 0.15) is 10.4 Å². The number of sulfonamides is 1. The molecule has 0 spiro atoms. The Morgan fingerprint density at radius 1 is 1.07 bits per heavy atom. The topological polar surface area (TPSA) is 84.0 Å². The Bertz CT molecular complexity index is 981. The minimum atomic E-state index is -3.95. The molecule has 0 aliphatic carbocycles. The number of halogens is 1. The molecule has 7 nitrogen and oxygen atoms in total. The van der Waals surface area contributed by atoms with E-state index in [1.54, 1.807) is 18.2 Å². The van der Waals surface area contributed by atoms with E-state index in [4.69, 9.17) is 4.74 Å². The lowest BCUT2D eigenvalue weighted by Gasteiger charge is -2.39. The van der Waals surface area contributed by atoms with Crippen LogP contribution in [0.4, 0.5) is 4.39 Å². The molecule has 28 heavy (non-hydrogen) atoms. The van der Waals surface area contributed by atoms with E-state index in [-0.39, 0.29) is 30.1 Å². The number of carbonyl (C=O) groups excluding carboxylic acids is 2.